The van der Waals surface area contributed by atoms with E-state index in [0.29, 0.717) is 11.8 Å². The lowest BCUT2D eigenvalue weighted by Gasteiger charge is -2.29. The molecule has 2 heterocycles. The average molecular weight is 246 g/mol. The van der Waals surface area contributed by atoms with E-state index in [0.717, 1.165) is 31.9 Å². The molecular formula is C15H22N2O. The smallest absolute Gasteiger partial charge is 0.122 e. The quantitative estimate of drug-likeness (QED) is 0.884. The number of rotatable bonds is 3. The highest BCUT2D eigenvalue weighted by atomic mass is 16.5. The fourth-order valence-corrected chi connectivity index (χ4v) is 3.19. The Bertz CT molecular complexity index is 407. The molecule has 0 bridgehead atoms. The first-order valence-electron chi connectivity index (χ1n) is 7.01. The minimum atomic E-state index is 0.631. The molecule has 18 heavy (non-hydrogen) atoms. The molecule has 3 heteroatoms. The lowest BCUT2D eigenvalue weighted by Crippen LogP contribution is -2.30. The third-order valence-corrected chi connectivity index (χ3v) is 4.26. The molecule has 0 aliphatic carbocycles. The van der Waals surface area contributed by atoms with E-state index in [2.05, 4.69) is 29.2 Å². The lowest BCUT2D eigenvalue weighted by atomic mass is 9.92. The molecule has 2 atom stereocenters. The molecule has 2 unspecified atom stereocenters. The van der Waals surface area contributed by atoms with Gasteiger partial charge < -0.3 is 15.4 Å². The molecule has 0 radical (unpaired) electrons. The first-order chi connectivity index (χ1) is 8.86. The zero-order valence-electron chi connectivity index (χ0n) is 10.8. The normalized spacial score (nSPS) is 27.8. The minimum Gasteiger partial charge on any atom is -0.493 e. The van der Waals surface area contributed by atoms with Crippen molar-refractivity contribution in [3.8, 4) is 5.75 Å². The lowest BCUT2D eigenvalue weighted by molar-refractivity contribution is 0.229. The maximum Gasteiger partial charge on any atom is 0.122 e. The van der Waals surface area contributed by atoms with Gasteiger partial charge in [-0.15, -0.1) is 0 Å². The van der Waals surface area contributed by atoms with Crippen LogP contribution in [0.3, 0.4) is 0 Å². The average Bonchev–Trinajstić information content (AvgIpc) is 2.87. The number of nitrogens with two attached hydrogens (primary N) is 1. The predicted molar refractivity (Wildman–Crippen MR) is 72.9 cm³/mol. The number of nitrogens with zero attached hydrogens (tertiary/aromatic N) is 1. The molecule has 1 aromatic carbocycles. The van der Waals surface area contributed by atoms with E-state index in [1.165, 1.54) is 25.1 Å². The summed E-state index contributed by atoms with van der Waals surface area (Å²) in [6, 6.07) is 8.48. The van der Waals surface area contributed by atoms with E-state index in [9.17, 15) is 0 Å². The van der Waals surface area contributed by atoms with Gasteiger partial charge in [0.25, 0.3) is 0 Å². The highest BCUT2D eigenvalue weighted by Gasteiger charge is 2.27. The van der Waals surface area contributed by atoms with Crippen LogP contribution in [0.1, 0.15) is 24.3 Å². The van der Waals surface area contributed by atoms with Crippen molar-refractivity contribution >= 4 is 0 Å². The zero-order chi connectivity index (χ0) is 12.4. The standard InChI is InChI=1S/C15H22N2O/c16-9-12-5-7-17(10-12)11-13-6-8-18-15-4-2-1-3-14(13)15/h1-4,12-13H,5-11,16H2. The summed E-state index contributed by atoms with van der Waals surface area (Å²) >= 11 is 0. The summed E-state index contributed by atoms with van der Waals surface area (Å²) in [6.07, 6.45) is 2.40. The number of para-hydroxylation sites is 1. The van der Waals surface area contributed by atoms with Gasteiger partial charge in [-0.25, -0.2) is 0 Å². The van der Waals surface area contributed by atoms with E-state index >= 15 is 0 Å². The third kappa shape index (κ3) is 2.38. The summed E-state index contributed by atoms with van der Waals surface area (Å²) in [5.74, 6) is 2.43. The maximum atomic E-state index is 5.76. The maximum absolute atomic E-state index is 5.76. The van der Waals surface area contributed by atoms with Crippen molar-refractivity contribution in [3.05, 3.63) is 29.8 Å². The highest BCUT2D eigenvalue weighted by molar-refractivity contribution is 5.37. The third-order valence-electron chi connectivity index (χ3n) is 4.26. The van der Waals surface area contributed by atoms with E-state index in [4.69, 9.17) is 10.5 Å². The Hall–Kier alpha value is -1.06. The van der Waals surface area contributed by atoms with Crippen molar-refractivity contribution < 1.29 is 4.74 Å². The van der Waals surface area contributed by atoms with Gasteiger partial charge in [0.2, 0.25) is 0 Å². The second kappa shape index (κ2) is 5.29. The number of ether oxygens (including phenoxy) is 1. The Morgan fingerprint density at radius 3 is 3.00 bits per heavy atom. The predicted octanol–water partition coefficient (Wildman–Crippen LogP) is 1.83. The van der Waals surface area contributed by atoms with Crippen LogP contribution >= 0.6 is 0 Å². The largest absolute Gasteiger partial charge is 0.493 e. The molecule has 98 valence electrons. The van der Waals surface area contributed by atoms with E-state index in [1.807, 2.05) is 0 Å². The van der Waals surface area contributed by atoms with Crippen molar-refractivity contribution in [1.29, 1.82) is 0 Å². The van der Waals surface area contributed by atoms with Crippen LogP contribution in [0.25, 0.3) is 0 Å². The van der Waals surface area contributed by atoms with Crippen LogP contribution in [-0.4, -0.2) is 37.7 Å². The Morgan fingerprint density at radius 2 is 2.17 bits per heavy atom. The molecule has 1 saturated heterocycles. The summed E-state index contributed by atoms with van der Waals surface area (Å²) in [5.41, 5.74) is 7.15. The number of benzene rings is 1. The molecule has 3 rings (SSSR count). The van der Waals surface area contributed by atoms with E-state index in [-0.39, 0.29) is 0 Å². The van der Waals surface area contributed by atoms with Crippen molar-refractivity contribution in [2.45, 2.75) is 18.8 Å². The van der Waals surface area contributed by atoms with Crippen molar-refractivity contribution in [2.75, 3.05) is 32.8 Å². The Balaban J connectivity index is 1.67. The van der Waals surface area contributed by atoms with Gasteiger partial charge in [-0.3, -0.25) is 0 Å². The first kappa shape index (κ1) is 12.0. The van der Waals surface area contributed by atoms with Crippen molar-refractivity contribution in [3.63, 3.8) is 0 Å². The molecule has 0 saturated carbocycles. The molecule has 2 N–H and O–H groups in total. The summed E-state index contributed by atoms with van der Waals surface area (Å²) in [6.45, 7) is 5.24. The first-order valence-corrected chi connectivity index (χ1v) is 7.01. The van der Waals surface area contributed by atoms with Crippen LogP contribution in [0.2, 0.25) is 0 Å². The number of hydrogen-bond donors (Lipinski definition) is 1. The van der Waals surface area contributed by atoms with Crippen LogP contribution in [0.4, 0.5) is 0 Å². The number of fused-ring (bicyclic) bond motifs is 1. The Kier molecular flexibility index (Phi) is 3.52. The molecule has 2 aliphatic heterocycles. The fourth-order valence-electron chi connectivity index (χ4n) is 3.19. The van der Waals surface area contributed by atoms with Gasteiger partial charge in [0, 0.05) is 19.0 Å². The van der Waals surface area contributed by atoms with Crippen LogP contribution < -0.4 is 10.5 Å². The minimum absolute atomic E-state index is 0.631. The van der Waals surface area contributed by atoms with Crippen LogP contribution in [0.5, 0.6) is 5.75 Å². The van der Waals surface area contributed by atoms with Gasteiger partial charge in [0.05, 0.1) is 6.61 Å². The van der Waals surface area contributed by atoms with Gasteiger partial charge in [-0.1, -0.05) is 18.2 Å². The van der Waals surface area contributed by atoms with Gasteiger partial charge in [-0.05, 0) is 43.5 Å². The second-order valence-electron chi connectivity index (χ2n) is 5.52. The summed E-state index contributed by atoms with van der Waals surface area (Å²) in [5, 5.41) is 0. The Morgan fingerprint density at radius 1 is 1.28 bits per heavy atom. The monoisotopic (exact) mass is 246 g/mol. The number of hydrogen-bond acceptors (Lipinski definition) is 3. The van der Waals surface area contributed by atoms with Gasteiger partial charge in [0.15, 0.2) is 0 Å². The van der Waals surface area contributed by atoms with E-state index in [1.54, 1.807) is 0 Å². The molecule has 0 aromatic heterocycles. The topological polar surface area (TPSA) is 38.5 Å². The molecular weight excluding hydrogens is 224 g/mol. The van der Waals surface area contributed by atoms with Gasteiger partial charge >= 0.3 is 0 Å². The molecule has 3 nitrogen and oxygen atoms in total. The van der Waals surface area contributed by atoms with Gasteiger partial charge in [0.1, 0.15) is 5.75 Å². The SMILES string of the molecule is NCC1CCN(CC2CCOc3ccccc32)C1. The Labute approximate surface area is 109 Å². The second-order valence-corrected chi connectivity index (χ2v) is 5.52. The molecule has 2 aliphatic rings. The fraction of sp³-hybridized carbons (Fsp3) is 0.600. The van der Waals surface area contributed by atoms with Crippen molar-refractivity contribution in [2.24, 2.45) is 11.7 Å². The van der Waals surface area contributed by atoms with Crippen LogP contribution in [0.15, 0.2) is 24.3 Å². The van der Waals surface area contributed by atoms with E-state index < -0.39 is 0 Å². The van der Waals surface area contributed by atoms with Crippen molar-refractivity contribution in [1.82, 2.24) is 4.90 Å². The summed E-state index contributed by atoms with van der Waals surface area (Å²) in [4.78, 5) is 2.57. The molecule has 0 amide bonds. The molecule has 1 fully saturated rings. The van der Waals surface area contributed by atoms with Crippen LogP contribution in [0, 0.1) is 5.92 Å². The zero-order valence-corrected chi connectivity index (χ0v) is 10.8. The molecule has 0 spiro atoms. The van der Waals surface area contributed by atoms with Crippen LogP contribution in [-0.2, 0) is 0 Å². The summed E-state index contributed by atoms with van der Waals surface area (Å²) < 4.78 is 5.72. The van der Waals surface area contributed by atoms with Gasteiger partial charge in [-0.2, -0.15) is 0 Å². The summed E-state index contributed by atoms with van der Waals surface area (Å²) in [7, 11) is 0. The molecule has 1 aromatic rings. The number of likely N-dealkylation sites (tertiary alicyclic amines) is 1. The highest BCUT2D eigenvalue weighted by Crippen LogP contribution is 2.34.